The van der Waals surface area contributed by atoms with Crippen molar-refractivity contribution in [3.63, 3.8) is 0 Å². The fourth-order valence-electron chi connectivity index (χ4n) is 2.16. The summed E-state index contributed by atoms with van der Waals surface area (Å²) in [5.41, 5.74) is 2.43. The van der Waals surface area contributed by atoms with Gasteiger partial charge < -0.3 is 14.8 Å². The van der Waals surface area contributed by atoms with Gasteiger partial charge in [0, 0.05) is 18.2 Å². The Morgan fingerprint density at radius 1 is 1.20 bits per heavy atom. The third kappa shape index (κ3) is 5.60. The maximum atomic E-state index is 12.6. The number of amides is 1. The van der Waals surface area contributed by atoms with E-state index in [1.807, 2.05) is 31.2 Å². The minimum Gasteiger partial charge on any atom is -0.493 e. The van der Waals surface area contributed by atoms with E-state index in [0.29, 0.717) is 12.1 Å². The van der Waals surface area contributed by atoms with Crippen LogP contribution in [-0.2, 0) is 11.3 Å². The lowest BCUT2D eigenvalue weighted by atomic mass is 10.1. The molecule has 0 heterocycles. The van der Waals surface area contributed by atoms with Gasteiger partial charge in [0.1, 0.15) is 0 Å². The largest absolute Gasteiger partial charge is 0.493 e. The highest BCUT2D eigenvalue weighted by molar-refractivity contribution is 5.92. The Labute approximate surface area is 145 Å². The van der Waals surface area contributed by atoms with Gasteiger partial charge in [0.15, 0.2) is 11.5 Å². The Hall–Kier alpha value is -2.89. The molecular weight excluding hydrogens is 328 g/mol. The molecule has 132 valence electrons. The molecule has 0 bridgehead atoms. The van der Waals surface area contributed by atoms with Crippen LogP contribution in [0.1, 0.15) is 16.7 Å². The number of carbonyl (C=O) groups is 1. The molecule has 0 aliphatic heterocycles. The number of ether oxygens (including phenoxy) is 2. The number of hydrogen-bond acceptors (Lipinski definition) is 3. The summed E-state index contributed by atoms with van der Waals surface area (Å²) in [4.78, 5) is 11.9. The summed E-state index contributed by atoms with van der Waals surface area (Å²) >= 11 is 0. The number of nitrogens with one attached hydrogen (secondary N) is 1. The summed E-state index contributed by atoms with van der Waals surface area (Å²) in [6.07, 6.45) is 2.67. The predicted octanol–water partition coefficient (Wildman–Crippen LogP) is 3.93. The summed E-state index contributed by atoms with van der Waals surface area (Å²) in [6.45, 7) is -0.626. The highest BCUT2D eigenvalue weighted by atomic mass is 19.3. The molecule has 2 aromatic rings. The summed E-state index contributed by atoms with van der Waals surface area (Å²) in [5, 5.41) is 2.73. The molecule has 0 saturated heterocycles. The minimum absolute atomic E-state index is 0.109. The van der Waals surface area contributed by atoms with Gasteiger partial charge in [-0.3, -0.25) is 4.79 Å². The molecule has 0 unspecified atom stereocenters. The Kier molecular flexibility index (Phi) is 6.51. The summed E-state index contributed by atoms with van der Waals surface area (Å²) < 4.78 is 34.7. The van der Waals surface area contributed by atoms with Crippen LogP contribution in [0.4, 0.5) is 8.78 Å². The number of para-hydroxylation sites is 1. The molecule has 0 radical (unpaired) electrons. The highest BCUT2D eigenvalue weighted by Crippen LogP contribution is 2.33. The van der Waals surface area contributed by atoms with Gasteiger partial charge in [-0.2, -0.15) is 8.78 Å². The van der Waals surface area contributed by atoms with E-state index in [-0.39, 0.29) is 17.4 Å². The zero-order valence-corrected chi connectivity index (χ0v) is 14.0. The maximum absolute atomic E-state index is 12.6. The fourth-order valence-corrected chi connectivity index (χ4v) is 2.16. The smallest absolute Gasteiger partial charge is 0.387 e. The second kappa shape index (κ2) is 8.82. The summed E-state index contributed by atoms with van der Waals surface area (Å²) in [5.74, 6) is -0.281. The molecule has 0 aliphatic carbocycles. The van der Waals surface area contributed by atoms with Crippen molar-refractivity contribution in [2.75, 3.05) is 7.11 Å². The van der Waals surface area contributed by atoms with Crippen LogP contribution in [0.2, 0.25) is 0 Å². The topological polar surface area (TPSA) is 47.6 Å². The van der Waals surface area contributed by atoms with Crippen molar-refractivity contribution in [1.82, 2.24) is 5.32 Å². The van der Waals surface area contributed by atoms with E-state index in [1.54, 1.807) is 12.1 Å². The molecule has 1 N–H and O–H groups in total. The van der Waals surface area contributed by atoms with Gasteiger partial charge >= 0.3 is 6.61 Å². The van der Waals surface area contributed by atoms with Crippen LogP contribution in [0.5, 0.6) is 11.5 Å². The Bertz CT molecular complexity index is 743. The molecule has 2 rings (SSSR count). The first kappa shape index (κ1) is 18.4. The van der Waals surface area contributed by atoms with Crippen LogP contribution in [0.25, 0.3) is 6.08 Å². The molecule has 0 saturated carbocycles. The Morgan fingerprint density at radius 2 is 1.92 bits per heavy atom. The van der Waals surface area contributed by atoms with Crippen molar-refractivity contribution in [2.24, 2.45) is 0 Å². The second-order valence-electron chi connectivity index (χ2n) is 5.29. The molecule has 2 aromatic carbocycles. The molecule has 0 aromatic heterocycles. The van der Waals surface area contributed by atoms with Crippen LogP contribution in [0.15, 0.2) is 48.5 Å². The first-order valence-corrected chi connectivity index (χ1v) is 7.63. The maximum Gasteiger partial charge on any atom is 0.387 e. The zero-order chi connectivity index (χ0) is 18.2. The fraction of sp³-hybridized carbons (Fsp3) is 0.211. The van der Waals surface area contributed by atoms with Crippen molar-refractivity contribution in [3.05, 3.63) is 65.2 Å². The number of halogens is 2. The van der Waals surface area contributed by atoms with Gasteiger partial charge in [-0.15, -0.1) is 0 Å². The first-order valence-electron chi connectivity index (χ1n) is 7.63. The van der Waals surface area contributed by atoms with Crippen molar-refractivity contribution in [3.8, 4) is 11.5 Å². The number of rotatable bonds is 7. The van der Waals surface area contributed by atoms with Crippen molar-refractivity contribution in [1.29, 1.82) is 0 Å². The summed E-state index contributed by atoms with van der Waals surface area (Å²) in [7, 11) is 1.36. The SMILES string of the molecule is COc1cccc(/C=C/C(=O)NCc2ccc(C)cc2)c1OC(F)F. The van der Waals surface area contributed by atoms with Gasteiger partial charge in [0.25, 0.3) is 0 Å². The minimum atomic E-state index is -2.99. The van der Waals surface area contributed by atoms with Gasteiger partial charge in [-0.05, 0) is 24.6 Å². The van der Waals surface area contributed by atoms with Gasteiger partial charge in [-0.25, -0.2) is 0 Å². The molecule has 0 fully saturated rings. The Morgan fingerprint density at radius 3 is 2.56 bits per heavy atom. The van der Waals surface area contributed by atoms with E-state index in [9.17, 15) is 13.6 Å². The molecule has 1 amide bonds. The van der Waals surface area contributed by atoms with Gasteiger partial charge in [0.05, 0.1) is 7.11 Å². The average Bonchev–Trinajstić information content (AvgIpc) is 2.59. The zero-order valence-electron chi connectivity index (χ0n) is 14.0. The van der Waals surface area contributed by atoms with E-state index in [4.69, 9.17) is 4.74 Å². The van der Waals surface area contributed by atoms with Crippen LogP contribution in [-0.4, -0.2) is 19.6 Å². The van der Waals surface area contributed by atoms with Crippen LogP contribution >= 0.6 is 0 Å². The standard InChI is InChI=1S/C19H19F2NO3/c1-13-6-8-14(9-7-13)12-22-17(23)11-10-15-4-3-5-16(24-2)18(15)25-19(20)21/h3-11,19H,12H2,1-2H3,(H,22,23)/b11-10+. The normalized spacial score (nSPS) is 10.9. The number of methoxy groups -OCH3 is 1. The lowest BCUT2D eigenvalue weighted by Gasteiger charge is -2.12. The molecule has 4 nitrogen and oxygen atoms in total. The number of benzene rings is 2. The monoisotopic (exact) mass is 347 g/mol. The van der Waals surface area contributed by atoms with Crippen LogP contribution in [0.3, 0.4) is 0 Å². The lowest BCUT2D eigenvalue weighted by Crippen LogP contribution is -2.20. The quantitative estimate of drug-likeness (QED) is 0.772. The molecule has 0 aliphatic rings. The number of alkyl halides is 2. The van der Waals surface area contributed by atoms with Gasteiger partial charge in [-0.1, -0.05) is 42.0 Å². The lowest BCUT2D eigenvalue weighted by molar-refractivity contribution is -0.116. The third-order valence-electron chi connectivity index (χ3n) is 3.44. The molecule has 6 heteroatoms. The second-order valence-corrected chi connectivity index (χ2v) is 5.29. The number of aryl methyl sites for hydroxylation is 1. The Balaban J connectivity index is 2.04. The molecular formula is C19H19F2NO3. The van der Waals surface area contributed by atoms with E-state index < -0.39 is 6.61 Å². The molecule has 25 heavy (non-hydrogen) atoms. The predicted molar refractivity (Wildman–Crippen MR) is 91.7 cm³/mol. The highest BCUT2D eigenvalue weighted by Gasteiger charge is 2.13. The molecule has 0 atom stereocenters. The number of hydrogen-bond donors (Lipinski definition) is 1. The molecule has 0 spiro atoms. The third-order valence-corrected chi connectivity index (χ3v) is 3.44. The number of carbonyl (C=O) groups excluding carboxylic acids is 1. The van der Waals surface area contributed by atoms with Crippen molar-refractivity contribution < 1.29 is 23.0 Å². The van der Waals surface area contributed by atoms with Crippen molar-refractivity contribution >= 4 is 12.0 Å². The first-order chi connectivity index (χ1) is 12.0. The average molecular weight is 347 g/mol. The van der Waals surface area contributed by atoms with E-state index in [1.165, 1.54) is 25.3 Å². The van der Waals surface area contributed by atoms with Crippen LogP contribution in [0, 0.1) is 6.92 Å². The van der Waals surface area contributed by atoms with E-state index >= 15 is 0 Å². The summed E-state index contributed by atoms with van der Waals surface area (Å²) in [6, 6.07) is 12.5. The van der Waals surface area contributed by atoms with E-state index in [0.717, 1.165) is 11.1 Å². The van der Waals surface area contributed by atoms with Gasteiger partial charge in [0.2, 0.25) is 5.91 Å². The van der Waals surface area contributed by atoms with Crippen LogP contribution < -0.4 is 14.8 Å². The van der Waals surface area contributed by atoms with E-state index in [2.05, 4.69) is 10.1 Å². The van der Waals surface area contributed by atoms with Crippen molar-refractivity contribution in [2.45, 2.75) is 20.1 Å².